The van der Waals surface area contributed by atoms with Crippen LogP contribution in [0.3, 0.4) is 0 Å². The largest absolute Gasteiger partial charge is 0.371 e. The maximum atomic E-state index is 6.74. The smallest absolute Gasteiger partial charge is 0.0984 e. The summed E-state index contributed by atoms with van der Waals surface area (Å²) in [6, 6.07) is 12.4. The Bertz CT molecular complexity index is 882. The Morgan fingerprint density at radius 1 is 0.594 bits per heavy atom. The maximum Gasteiger partial charge on any atom is 0.0984 e. The molecule has 4 saturated heterocycles. The van der Waals surface area contributed by atoms with Crippen molar-refractivity contribution in [3.8, 4) is 11.1 Å². The zero-order valence-electron chi connectivity index (χ0n) is 17.7. The number of halogens is 2. The van der Waals surface area contributed by atoms with Crippen molar-refractivity contribution in [2.75, 3.05) is 62.4 Å². The molecule has 32 heavy (non-hydrogen) atoms. The first-order valence-electron chi connectivity index (χ1n) is 11.2. The standard InChI is InChI=1S/C24H26Cl2N2O4/c25-21-5-15(1-3-23(21)27(7-17-11-29-17)8-18-12-30-18)16-2-4-24(22(26)6-16)28(9-19-13-31-19)10-20-14-32-20/h1-6,17-20H,7-14H2. The lowest BCUT2D eigenvalue weighted by atomic mass is 10.0. The van der Waals surface area contributed by atoms with E-state index in [2.05, 4.69) is 34.1 Å². The van der Waals surface area contributed by atoms with Crippen molar-refractivity contribution < 1.29 is 18.9 Å². The molecule has 4 atom stereocenters. The Hall–Kier alpha value is -1.54. The maximum absolute atomic E-state index is 6.74. The molecule has 0 radical (unpaired) electrons. The lowest BCUT2D eigenvalue weighted by Crippen LogP contribution is -2.31. The van der Waals surface area contributed by atoms with Gasteiger partial charge in [-0.2, -0.15) is 0 Å². The van der Waals surface area contributed by atoms with E-state index in [0.29, 0.717) is 24.4 Å². The molecule has 8 heteroatoms. The first kappa shape index (κ1) is 21.0. The summed E-state index contributed by atoms with van der Waals surface area (Å²) in [6.07, 6.45) is 1.17. The third kappa shape index (κ3) is 5.16. The van der Waals surface area contributed by atoms with Crippen molar-refractivity contribution in [1.29, 1.82) is 0 Å². The quantitative estimate of drug-likeness (QED) is 0.458. The van der Waals surface area contributed by atoms with Crippen LogP contribution in [0.1, 0.15) is 0 Å². The minimum Gasteiger partial charge on any atom is -0.371 e. The molecule has 170 valence electrons. The third-order valence-corrected chi connectivity index (χ3v) is 6.82. The molecule has 0 aliphatic carbocycles. The highest BCUT2D eigenvalue weighted by Gasteiger charge is 2.33. The molecule has 4 aliphatic rings. The van der Waals surface area contributed by atoms with Gasteiger partial charge in [0.15, 0.2) is 0 Å². The van der Waals surface area contributed by atoms with Crippen LogP contribution in [0.5, 0.6) is 0 Å². The van der Waals surface area contributed by atoms with Crippen LogP contribution in [-0.4, -0.2) is 77.0 Å². The fourth-order valence-corrected chi connectivity index (χ4v) is 4.71. The second kappa shape index (κ2) is 8.67. The number of epoxide rings is 4. The normalized spacial score (nSPS) is 27.2. The Balaban J connectivity index is 1.22. The summed E-state index contributed by atoms with van der Waals surface area (Å²) in [5.74, 6) is 0. The van der Waals surface area contributed by atoms with E-state index in [0.717, 1.165) is 85.2 Å². The van der Waals surface area contributed by atoms with Gasteiger partial charge >= 0.3 is 0 Å². The molecule has 6 rings (SSSR count). The van der Waals surface area contributed by atoms with E-state index in [9.17, 15) is 0 Å². The fraction of sp³-hybridized carbons (Fsp3) is 0.500. The van der Waals surface area contributed by atoms with Crippen LogP contribution in [0.15, 0.2) is 36.4 Å². The highest BCUT2D eigenvalue weighted by Crippen LogP contribution is 2.37. The average molecular weight is 477 g/mol. The molecule has 0 N–H and O–H groups in total. The minimum absolute atomic E-state index is 0.292. The van der Waals surface area contributed by atoms with Crippen molar-refractivity contribution in [3.05, 3.63) is 46.4 Å². The van der Waals surface area contributed by atoms with Gasteiger partial charge in [0.25, 0.3) is 0 Å². The first-order valence-corrected chi connectivity index (χ1v) is 11.9. The molecule has 4 aliphatic heterocycles. The van der Waals surface area contributed by atoms with E-state index in [4.69, 9.17) is 42.1 Å². The van der Waals surface area contributed by atoms with Gasteiger partial charge in [0.2, 0.25) is 0 Å². The van der Waals surface area contributed by atoms with E-state index >= 15 is 0 Å². The molecule has 0 amide bonds. The second-order valence-electron chi connectivity index (χ2n) is 8.96. The van der Waals surface area contributed by atoms with Gasteiger partial charge in [0.05, 0.1) is 72.3 Å². The third-order valence-electron chi connectivity index (χ3n) is 6.22. The van der Waals surface area contributed by atoms with Gasteiger partial charge in [0, 0.05) is 26.2 Å². The summed E-state index contributed by atoms with van der Waals surface area (Å²) in [4.78, 5) is 4.55. The number of anilines is 2. The lowest BCUT2D eigenvalue weighted by Gasteiger charge is -2.25. The molecule has 2 aromatic rings. The molecule has 0 bridgehead atoms. The van der Waals surface area contributed by atoms with Crippen LogP contribution in [0.25, 0.3) is 11.1 Å². The summed E-state index contributed by atoms with van der Waals surface area (Å²) < 4.78 is 21.7. The molecule has 0 spiro atoms. The monoisotopic (exact) mass is 476 g/mol. The molecule has 4 fully saturated rings. The SMILES string of the molecule is Clc1cc(-c2ccc(N(CC3CO3)CC3CO3)c(Cl)c2)ccc1N(CC1CO1)CC1CO1. The van der Waals surface area contributed by atoms with Gasteiger partial charge in [-0.3, -0.25) is 0 Å². The molecular formula is C24H26Cl2N2O4. The highest BCUT2D eigenvalue weighted by atomic mass is 35.5. The predicted molar refractivity (Wildman–Crippen MR) is 125 cm³/mol. The Labute approximate surface area is 197 Å². The molecular weight excluding hydrogens is 451 g/mol. The van der Waals surface area contributed by atoms with E-state index < -0.39 is 0 Å². The molecule has 6 nitrogen and oxygen atoms in total. The van der Waals surface area contributed by atoms with Gasteiger partial charge in [0.1, 0.15) is 0 Å². The van der Waals surface area contributed by atoms with Gasteiger partial charge in [-0.05, 0) is 35.4 Å². The van der Waals surface area contributed by atoms with Crippen LogP contribution in [0.4, 0.5) is 11.4 Å². The number of nitrogens with zero attached hydrogens (tertiary/aromatic N) is 2. The topological polar surface area (TPSA) is 56.6 Å². The van der Waals surface area contributed by atoms with Crippen molar-refractivity contribution in [1.82, 2.24) is 0 Å². The summed E-state index contributed by atoms with van der Waals surface area (Å²) >= 11 is 13.5. The van der Waals surface area contributed by atoms with E-state index in [1.54, 1.807) is 0 Å². The average Bonchev–Trinajstić information content (AvgIpc) is 3.61. The van der Waals surface area contributed by atoms with Gasteiger partial charge in [-0.25, -0.2) is 0 Å². The van der Waals surface area contributed by atoms with Crippen molar-refractivity contribution >= 4 is 34.6 Å². The Morgan fingerprint density at radius 2 is 0.906 bits per heavy atom. The van der Waals surface area contributed by atoms with Crippen LogP contribution in [0, 0.1) is 0 Å². The molecule has 4 heterocycles. The van der Waals surface area contributed by atoms with Crippen LogP contribution >= 0.6 is 23.2 Å². The number of ether oxygens (including phenoxy) is 4. The van der Waals surface area contributed by atoms with Crippen LogP contribution in [0.2, 0.25) is 10.0 Å². The summed E-state index contributed by atoms with van der Waals surface area (Å²) in [5.41, 5.74) is 4.12. The molecule has 0 saturated carbocycles. The van der Waals surface area contributed by atoms with Crippen molar-refractivity contribution in [2.45, 2.75) is 24.4 Å². The second-order valence-corrected chi connectivity index (χ2v) is 9.78. The number of rotatable bonds is 11. The zero-order chi connectivity index (χ0) is 21.7. The van der Waals surface area contributed by atoms with Gasteiger partial charge in [-0.15, -0.1) is 0 Å². The molecule has 2 aromatic carbocycles. The minimum atomic E-state index is 0.292. The highest BCUT2D eigenvalue weighted by molar-refractivity contribution is 6.34. The van der Waals surface area contributed by atoms with Crippen molar-refractivity contribution in [2.24, 2.45) is 0 Å². The van der Waals surface area contributed by atoms with E-state index in [1.165, 1.54) is 0 Å². The van der Waals surface area contributed by atoms with Gasteiger partial charge < -0.3 is 28.7 Å². The van der Waals surface area contributed by atoms with Crippen LogP contribution in [-0.2, 0) is 18.9 Å². The fourth-order valence-electron chi connectivity index (χ4n) is 4.11. The first-order chi connectivity index (χ1) is 15.6. The summed E-state index contributed by atoms with van der Waals surface area (Å²) in [7, 11) is 0. The summed E-state index contributed by atoms with van der Waals surface area (Å²) in [5, 5.41) is 1.45. The number of benzene rings is 2. The molecule has 4 unspecified atom stereocenters. The zero-order valence-corrected chi connectivity index (χ0v) is 19.2. The molecule has 0 aromatic heterocycles. The van der Waals surface area contributed by atoms with E-state index in [1.807, 2.05) is 12.1 Å². The predicted octanol–water partition coefficient (Wildman–Crippen LogP) is 3.87. The Morgan fingerprint density at radius 3 is 1.16 bits per heavy atom. The van der Waals surface area contributed by atoms with E-state index in [-0.39, 0.29) is 0 Å². The number of hydrogen-bond donors (Lipinski definition) is 0. The van der Waals surface area contributed by atoms with Crippen molar-refractivity contribution in [3.63, 3.8) is 0 Å². The summed E-state index contributed by atoms with van der Waals surface area (Å²) in [6.45, 7) is 6.63. The Kier molecular flexibility index (Phi) is 5.70. The number of hydrogen-bond acceptors (Lipinski definition) is 6. The van der Waals surface area contributed by atoms with Gasteiger partial charge in [-0.1, -0.05) is 35.3 Å². The van der Waals surface area contributed by atoms with Crippen LogP contribution < -0.4 is 9.80 Å². The lowest BCUT2D eigenvalue weighted by molar-refractivity contribution is 0.388.